The fraction of sp³-hybridized carbons (Fsp3) is 0.231. The van der Waals surface area contributed by atoms with E-state index in [2.05, 4.69) is 9.97 Å². The summed E-state index contributed by atoms with van der Waals surface area (Å²) >= 11 is 5.95. The van der Waals surface area contributed by atoms with Crippen LogP contribution in [0.3, 0.4) is 0 Å². The van der Waals surface area contributed by atoms with Crippen molar-refractivity contribution in [3.05, 3.63) is 46.6 Å². The molecule has 0 aliphatic carbocycles. The number of halogens is 2. The van der Waals surface area contributed by atoms with Gasteiger partial charge in [0.25, 0.3) is 0 Å². The van der Waals surface area contributed by atoms with Crippen molar-refractivity contribution >= 4 is 23.1 Å². The first-order chi connectivity index (χ1) is 9.20. The summed E-state index contributed by atoms with van der Waals surface area (Å²) in [6.45, 7) is 0.426. The van der Waals surface area contributed by atoms with Gasteiger partial charge in [0.2, 0.25) is 0 Å². The number of aliphatic hydroxyl groups excluding tert-OH is 1. The molecule has 4 nitrogen and oxygen atoms in total. The molecule has 19 heavy (non-hydrogen) atoms. The van der Waals surface area contributed by atoms with Gasteiger partial charge in [-0.3, -0.25) is 0 Å². The van der Waals surface area contributed by atoms with Crippen LogP contribution < -0.4 is 4.90 Å². The minimum Gasteiger partial charge on any atom is -0.391 e. The molecule has 1 aliphatic rings. The van der Waals surface area contributed by atoms with Crippen LogP contribution in [0, 0.1) is 5.82 Å². The highest BCUT2D eigenvalue weighted by Crippen LogP contribution is 2.36. The van der Waals surface area contributed by atoms with E-state index in [1.165, 1.54) is 18.5 Å². The number of fused-ring (bicyclic) bond motifs is 1. The van der Waals surface area contributed by atoms with E-state index < -0.39 is 0 Å². The van der Waals surface area contributed by atoms with Crippen LogP contribution in [-0.4, -0.2) is 21.6 Å². The number of anilines is 2. The van der Waals surface area contributed by atoms with Crippen molar-refractivity contribution in [2.24, 2.45) is 0 Å². The van der Waals surface area contributed by atoms with Gasteiger partial charge in [0.05, 0.1) is 12.2 Å². The van der Waals surface area contributed by atoms with Gasteiger partial charge in [-0.05, 0) is 24.1 Å². The normalized spacial score (nSPS) is 13.7. The van der Waals surface area contributed by atoms with Gasteiger partial charge >= 0.3 is 0 Å². The molecule has 0 amide bonds. The van der Waals surface area contributed by atoms with E-state index in [1.807, 2.05) is 4.90 Å². The van der Waals surface area contributed by atoms with Gasteiger partial charge in [0.15, 0.2) is 0 Å². The summed E-state index contributed by atoms with van der Waals surface area (Å²) in [7, 11) is 0. The van der Waals surface area contributed by atoms with E-state index >= 15 is 0 Å². The van der Waals surface area contributed by atoms with E-state index in [9.17, 15) is 9.50 Å². The molecular weight excluding hydrogens is 269 g/mol. The fourth-order valence-corrected chi connectivity index (χ4v) is 2.51. The van der Waals surface area contributed by atoms with Crippen LogP contribution in [0.15, 0.2) is 24.5 Å². The quantitative estimate of drug-likeness (QED) is 0.858. The zero-order chi connectivity index (χ0) is 13.4. The Hall–Kier alpha value is -1.72. The van der Waals surface area contributed by atoms with Gasteiger partial charge in [-0.1, -0.05) is 17.7 Å². The summed E-state index contributed by atoms with van der Waals surface area (Å²) in [5.41, 5.74) is 2.28. The summed E-state index contributed by atoms with van der Waals surface area (Å²) in [5.74, 6) is 0.239. The zero-order valence-corrected chi connectivity index (χ0v) is 10.7. The average molecular weight is 280 g/mol. The highest BCUT2D eigenvalue weighted by molar-refractivity contribution is 6.30. The van der Waals surface area contributed by atoms with Crippen molar-refractivity contribution in [3.63, 3.8) is 0 Å². The summed E-state index contributed by atoms with van der Waals surface area (Å²) in [6.07, 6.45) is 2.15. The maximum atomic E-state index is 13.4. The van der Waals surface area contributed by atoms with Crippen LogP contribution in [0.4, 0.5) is 15.9 Å². The first-order valence-corrected chi connectivity index (χ1v) is 6.24. The molecule has 1 aromatic heterocycles. The Morgan fingerprint density at radius 1 is 1.37 bits per heavy atom. The molecule has 0 unspecified atom stereocenters. The van der Waals surface area contributed by atoms with Crippen molar-refractivity contribution in [2.75, 3.05) is 11.4 Å². The summed E-state index contributed by atoms with van der Waals surface area (Å²) in [5, 5.41) is 9.62. The van der Waals surface area contributed by atoms with Crippen LogP contribution in [0.1, 0.15) is 11.1 Å². The predicted molar refractivity (Wildman–Crippen MR) is 70.1 cm³/mol. The molecule has 1 N–H and O–H groups in total. The maximum Gasteiger partial charge on any atom is 0.143 e. The molecule has 0 fully saturated rings. The summed E-state index contributed by atoms with van der Waals surface area (Å²) < 4.78 is 13.4. The lowest BCUT2D eigenvalue weighted by Crippen LogP contribution is -2.17. The van der Waals surface area contributed by atoms with Crippen molar-refractivity contribution in [1.82, 2.24) is 9.97 Å². The SMILES string of the molecule is OCc1c(Cl)ncnc1N1CCc2ccc(F)cc21. The van der Waals surface area contributed by atoms with E-state index in [4.69, 9.17) is 11.6 Å². The number of hydrogen-bond donors (Lipinski definition) is 1. The molecule has 0 saturated carbocycles. The lowest BCUT2D eigenvalue weighted by Gasteiger charge is -2.21. The molecular formula is C13H11ClFN3O. The molecule has 0 saturated heterocycles. The molecule has 1 aromatic carbocycles. The van der Waals surface area contributed by atoms with Gasteiger partial charge < -0.3 is 10.0 Å². The molecule has 3 rings (SSSR count). The average Bonchev–Trinajstić information content (AvgIpc) is 2.81. The minimum absolute atomic E-state index is 0.220. The van der Waals surface area contributed by atoms with Crippen LogP contribution in [0.5, 0.6) is 0 Å². The monoisotopic (exact) mass is 279 g/mol. The number of aliphatic hydroxyl groups is 1. The van der Waals surface area contributed by atoms with Crippen LogP contribution >= 0.6 is 11.6 Å². The number of rotatable bonds is 2. The van der Waals surface area contributed by atoms with Crippen LogP contribution in [-0.2, 0) is 13.0 Å². The molecule has 1 aliphatic heterocycles. The molecule has 2 heterocycles. The zero-order valence-electron chi connectivity index (χ0n) is 9.98. The Balaban J connectivity index is 2.11. The van der Waals surface area contributed by atoms with E-state index in [0.717, 1.165) is 17.7 Å². The lowest BCUT2D eigenvalue weighted by atomic mass is 10.1. The van der Waals surface area contributed by atoms with E-state index in [1.54, 1.807) is 6.07 Å². The maximum absolute atomic E-state index is 13.4. The standard InChI is InChI=1S/C13H11ClFN3O/c14-12-10(6-19)13(17-7-16-12)18-4-3-8-1-2-9(15)5-11(8)18/h1-2,5,7,19H,3-4,6H2. The minimum atomic E-state index is -0.295. The molecule has 2 aromatic rings. The second-order valence-electron chi connectivity index (χ2n) is 4.30. The van der Waals surface area contributed by atoms with Gasteiger partial charge in [0, 0.05) is 12.2 Å². The number of nitrogens with zero attached hydrogens (tertiary/aromatic N) is 3. The molecule has 0 radical (unpaired) electrons. The molecule has 0 bridgehead atoms. The Bertz CT molecular complexity index is 635. The highest BCUT2D eigenvalue weighted by atomic mass is 35.5. The summed E-state index contributed by atoms with van der Waals surface area (Å²) in [6, 6.07) is 4.69. The summed E-state index contributed by atoms with van der Waals surface area (Å²) in [4.78, 5) is 9.88. The first kappa shape index (κ1) is 12.3. The first-order valence-electron chi connectivity index (χ1n) is 5.87. The Morgan fingerprint density at radius 3 is 3.00 bits per heavy atom. The van der Waals surface area contributed by atoms with E-state index in [0.29, 0.717) is 17.9 Å². The molecule has 98 valence electrons. The third-order valence-corrected chi connectivity index (χ3v) is 3.55. The Labute approximate surface area is 114 Å². The number of hydrogen-bond acceptors (Lipinski definition) is 4. The van der Waals surface area contributed by atoms with Gasteiger partial charge in [-0.2, -0.15) is 0 Å². The Kier molecular flexibility index (Phi) is 3.08. The second kappa shape index (κ2) is 4.75. The van der Waals surface area contributed by atoms with Crippen molar-refractivity contribution in [2.45, 2.75) is 13.0 Å². The fourth-order valence-electron chi connectivity index (χ4n) is 2.32. The number of aromatic nitrogens is 2. The Morgan fingerprint density at radius 2 is 2.21 bits per heavy atom. The van der Waals surface area contributed by atoms with Crippen molar-refractivity contribution in [1.29, 1.82) is 0 Å². The van der Waals surface area contributed by atoms with Gasteiger partial charge in [-0.15, -0.1) is 0 Å². The van der Waals surface area contributed by atoms with Crippen LogP contribution in [0.2, 0.25) is 5.15 Å². The topological polar surface area (TPSA) is 49.3 Å². The lowest BCUT2D eigenvalue weighted by molar-refractivity contribution is 0.281. The largest absolute Gasteiger partial charge is 0.391 e. The van der Waals surface area contributed by atoms with Gasteiger partial charge in [0.1, 0.15) is 23.1 Å². The van der Waals surface area contributed by atoms with Crippen LogP contribution in [0.25, 0.3) is 0 Å². The van der Waals surface area contributed by atoms with E-state index in [-0.39, 0.29) is 17.6 Å². The van der Waals surface area contributed by atoms with Gasteiger partial charge in [-0.25, -0.2) is 14.4 Å². The van der Waals surface area contributed by atoms with Crippen molar-refractivity contribution in [3.8, 4) is 0 Å². The van der Waals surface area contributed by atoms with Crippen molar-refractivity contribution < 1.29 is 9.50 Å². The predicted octanol–water partition coefficient (Wildman–Crippen LogP) is 2.46. The molecule has 0 spiro atoms. The molecule has 6 heteroatoms. The third-order valence-electron chi connectivity index (χ3n) is 3.23. The third kappa shape index (κ3) is 2.05. The second-order valence-corrected chi connectivity index (χ2v) is 4.66. The number of benzene rings is 1. The smallest absolute Gasteiger partial charge is 0.143 e. The molecule has 0 atom stereocenters. The highest BCUT2D eigenvalue weighted by Gasteiger charge is 2.25.